The van der Waals surface area contributed by atoms with Crippen LogP contribution in [-0.2, 0) is 4.79 Å². The number of carbonyl (C=O) groups excluding carboxylic acids is 1. The van der Waals surface area contributed by atoms with Crippen LogP contribution in [-0.4, -0.2) is 12.6 Å². The summed E-state index contributed by atoms with van der Waals surface area (Å²) in [6, 6.07) is 35.6. The molecule has 0 spiro atoms. The Morgan fingerprint density at radius 2 is 1.22 bits per heavy atom. The third-order valence-corrected chi connectivity index (χ3v) is 12.6. The van der Waals surface area contributed by atoms with Gasteiger partial charge in [-0.15, -0.1) is 0 Å². The van der Waals surface area contributed by atoms with Crippen LogP contribution in [0.3, 0.4) is 0 Å². The van der Waals surface area contributed by atoms with Crippen LogP contribution in [0.4, 0.5) is 10.1 Å². The summed E-state index contributed by atoms with van der Waals surface area (Å²) in [4.78, 5) is 12.3. The summed E-state index contributed by atoms with van der Waals surface area (Å²) in [5.74, 6) is -0.788. The molecule has 0 atom stereocenters. The van der Waals surface area contributed by atoms with E-state index in [9.17, 15) is 9.18 Å². The fourth-order valence-electron chi connectivity index (χ4n) is 4.55. The summed E-state index contributed by atoms with van der Waals surface area (Å²) in [5, 5.41) is 7.13. The average Bonchev–Trinajstić information content (AvgIpc) is 2.85. The second-order valence-electron chi connectivity index (χ2n) is 7.93. The van der Waals surface area contributed by atoms with E-state index < -0.39 is 12.4 Å². The van der Waals surface area contributed by atoms with Crippen molar-refractivity contribution in [3.63, 3.8) is 0 Å². The van der Waals surface area contributed by atoms with Crippen LogP contribution in [0.2, 0.25) is 0 Å². The van der Waals surface area contributed by atoms with Crippen LogP contribution in [0.5, 0.6) is 0 Å². The zero-order valence-corrected chi connectivity index (χ0v) is 18.8. The molecule has 0 unspecified atom stereocenters. The van der Waals surface area contributed by atoms with Crippen LogP contribution in [0.15, 0.2) is 122 Å². The number of hydrogen-bond donors (Lipinski definition) is 1. The first-order valence-electron chi connectivity index (χ1n) is 10.4. The molecule has 0 fully saturated rings. The van der Waals surface area contributed by atoms with Gasteiger partial charge in [0.2, 0.25) is 0 Å². The fourth-order valence-corrected chi connectivity index (χ4v) is 10.2. The van der Waals surface area contributed by atoms with Crippen molar-refractivity contribution in [3.05, 3.63) is 128 Å². The first-order valence-corrected chi connectivity index (χ1v) is 13.1. The number of anilines is 1. The predicted molar refractivity (Wildman–Crippen MR) is 136 cm³/mol. The zero-order valence-electron chi connectivity index (χ0n) is 17.9. The number of hydrogen-bond acceptors (Lipinski definition) is 1. The summed E-state index contributed by atoms with van der Waals surface area (Å²) in [7, 11) is 0. The summed E-state index contributed by atoms with van der Waals surface area (Å²) < 4.78 is 14.5. The van der Waals surface area contributed by atoms with E-state index in [1.54, 1.807) is 0 Å². The molecule has 4 heteroatoms. The van der Waals surface area contributed by atoms with Gasteiger partial charge < -0.3 is 0 Å². The number of halogens is 1. The molecule has 0 aliphatic rings. The number of nitrogens with one attached hydrogen (secondary N) is 1. The number of rotatable bonds is 6. The van der Waals surface area contributed by atoms with Crippen molar-refractivity contribution in [1.82, 2.24) is 0 Å². The fraction of sp³-hybridized carbons (Fsp3) is 0.0357. The Kier molecular flexibility index (Phi) is 5.78. The molecule has 0 aromatic heterocycles. The van der Waals surface area contributed by atoms with E-state index in [4.69, 9.17) is 0 Å². The predicted octanol–water partition coefficient (Wildman–Crippen LogP) is 4.74. The molecule has 0 heterocycles. The summed E-state index contributed by atoms with van der Waals surface area (Å²) >= 11 is 0. The third-order valence-electron chi connectivity index (χ3n) is 6.21. The van der Waals surface area contributed by atoms with Crippen molar-refractivity contribution < 1.29 is 9.18 Å². The maximum atomic E-state index is 14.5. The van der Waals surface area contributed by atoms with Crippen LogP contribution >= 0.6 is 6.60 Å². The van der Waals surface area contributed by atoms with E-state index >= 15 is 0 Å². The molecule has 0 aliphatic heterocycles. The number of amides is 1. The average molecular weight is 441 g/mol. The molecule has 160 valence electrons. The van der Waals surface area contributed by atoms with Gasteiger partial charge in [-0.3, -0.25) is 0 Å². The van der Waals surface area contributed by atoms with Gasteiger partial charge in [0.25, 0.3) is 0 Å². The molecule has 0 aliphatic carbocycles. The molecule has 4 aromatic carbocycles. The van der Waals surface area contributed by atoms with Crippen molar-refractivity contribution in [2.75, 3.05) is 12.0 Å². The van der Waals surface area contributed by atoms with Crippen molar-refractivity contribution >= 4 is 39.4 Å². The van der Waals surface area contributed by atoms with E-state index in [0.717, 1.165) is 21.2 Å². The van der Waals surface area contributed by atoms with Gasteiger partial charge in [0.15, 0.2) is 0 Å². The second kappa shape index (κ2) is 8.53. The van der Waals surface area contributed by atoms with E-state index in [1.807, 2.05) is 60.7 Å². The second-order valence-corrected chi connectivity index (χ2v) is 13.1. The van der Waals surface area contributed by atoms with E-state index in [1.165, 1.54) is 18.2 Å². The molecule has 0 saturated heterocycles. The van der Waals surface area contributed by atoms with Crippen LogP contribution in [0, 0.1) is 5.82 Å². The van der Waals surface area contributed by atoms with Crippen LogP contribution in [0.1, 0.15) is 0 Å². The van der Waals surface area contributed by atoms with Gasteiger partial charge >= 0.3 is 188 Å². The molecule has 4 aromatic rings. The van der Waals surface area contributed by atoms with Gasteiger partial charge in [0, 0.05) is 0 Å². The summed E-state index contributed by atoms with van der Waals surface area (Å²) in [5.41, 5.74) is 0.451. The van der Waals surface area contributed by atoms with Gasteiger partial charge in [-0.05, 0) is 0 Å². The van der Waals surface area contributed by atoms with Crippen LogP contribution < -0.4 is 26.5 Å². The molecule has 0 saturated carbocycles. The first-order chi connectivity index (χ1) is 15.5. The van der Waals surface area contributed by atoms with Crippen molar-refractivity contribution in [1.29, 1.82) is 0 Å². The molecule has 1 amide bonds. The van der Waals surface area contributed by atoms with E-state index in [2.05, 4.69) is 55.0 Å². The summed E-state index contributed by atoms with van der Waals surface area (Å²) in [6.07, 6.45) is 1.20. The Balaban J connectivity index is 2.23. The summed E-state index contributed by atoms with van der Waals surface area (Å²) in [6.45, 7) is 2.44. The Morgan fingerprint density at radius 1 is 0.781 bits per heavy atom. The molecular weight excluding hydrogens is 416 g/mol. The standard InChI is InChI=1S/C28H25FNOP/c1-3-28(31)30-26-21-22(29)19-20-27(26)32(2,23-13-7-4-8-14-23,24-15-9-5-10-16-24)25-17-11-6-12-18-25/h3-21H,1H2,2H3,(H,30,31). The third kappa shape index (κ3) is 3.36. The van der Waals surface area contributed by atoms with Crippen molar-refractivity contribution in [3.8, 4) is 0 Å². The first kappa shape index (κ1) is 21.7. The normalized spacial score (nSPS) is 12.4. The Morgan fingerprint density at radius 3 is 1.62 bits per heavy atom. The van der Waals surface area contributed by atoms with Gasteiger partial charge in [-0.25, -0.2) is 0 Å². The van der Waals surface area contributed by atoms with Crippen molar-refractivity contribution in [2.45, 2.75) is 0 Å². The molecule has 2 nitrogen and oxygen atoms in total. The topological polar surface area (TPSA) is 29.1 Å². The minimum absolute atomic E-state index is 0.379. The van der Waals surface area contributed by atoms with Gasteiger partial charge in [-0.1, -0.05) is 0 Å². The number of benzene rings is 4. The molecule has 4 rings (SSSR count). The zero-order chi connectivity index (χ0) is 22.6. The molecular formula is C28H25FNOP. The molecule has 32 heavy (non-hydrogen) atoms. The van der Waals surface area contributed by atoms with Gasteiger partial charge in [0.05, 0.1) is 0 Å². The Bertz CT molecular complexity index is 1160. The van der Waals surface area contributed by atoms with Crippen LogP contribution in [0.25, 0.3) is 0 Å². The Labute approximate surface area is 188 Å². The molecule has 1 N–H and O–H groups in total. The Hall–Kier alpha value is -3.55. The van der Waals surface area contributed by atoms with E-state index in [-0.39, 0.29) is 5.91 Å². The maximum absolute atomic E-state index is 14.5. The quantitative estimate of drug-likeness (QED) is 0.340. The van der Waals surface area contributed by atoms with E-state index in [0.29, 0.717) is 5.69 Å². The van der Waals surface area contributed by atoms with Crippen molar-refractivity contribution in [2.24, 2.45) is 0 Å². The SMILES string of the molecule is C=CC(=O)Nc1cc(F)ccc1P(C)(c1ccccc1)(c1ccccc1)c1ccccc1. The monoisotopic (exact) mass is 441 g/mol. The molecule has 0 bridgehead atoms. The van der Waals surface area contributed by atoms with Gasteiger partial charge in [0.1, 0.15) is 0 Å². The minimum atomic E-state index is -3.39. The number of carbonyl (C=O) groups is 1. The molecule has 0 radical (unpaired) electrons. The van der Waals surface area contributed by atoms with Gasteiger partial charge in [-0.2, -0.15) is 0 Å².